The van der Waals surface area contributed by atoms with Crippen LogP contribution in [0, 0.1) is 5.82 Å². The summed E-state index contributed by atoms with van der Waals surface area (Å²) in [4.78, 5) is 18.5. The molecule has 1 aliphatic rings. The predicted molar refractivity (Wildman–Crippen MR) is 98.8 cm³/mol. The first-order valence-corrected chi connectivity index (χ1v) is 8.77. The first-order chi connectivity index (χ1) is 12.7. The van der Waals surface area contributed by atoms with E-state index in [4.69, 9.17) is 0 Å². The number of hydrogen-bond acceptors (Lipinski definition) is 3. The molecule has 3 aromatic rings. The third-order valence-corrected chi connectivity index (χ3v) is 4.77. The Hall–Kier alpha value is -2.79. The minimum atomic E-state index is -0.271. The Morgan fingerprint density at radius 1 is 1.15 bits per heavy atom. The lowest BCUT2D eigenvalue weighted by Gasteiger charge is -2.17. The minimum Gasteiger partial charge on any atom is -0.337 e. The molecule has 2 aromatic carbocycles. The summed E-state index contributed by atoms with van der Waals surface area (Å²) in [6.07, 6.45) is 2.26. The Kier molecular flexibility index (Phi) is 4.63. The van der Waals surface area contributed by atoms with Crippen molar-refractivity contribution in [1.29, 1.82) is 0 Å². The Balaban J connectivity index is 1.40. The highest BCUT2D eigenvalue weighted by molar-refractivity contribution is 5.81. The molecule has 1 fully saturated rings. The smallest absolute Gasteiger partial charge is 0.224 e. The van der Waals surface area contributed by atoms with E-state index < -0.39 is 0 Å². The van der Waals surface area contributed by atoms with Crippen molar-refractivity contribution in [3.05, 3.63) is 77.7 Å². The number of amides is 1. The molecule has 0 saturated carbocycles. The third kappa shape index (κ3) is 3.58. The molecule has 1 saturated heterocycles. The molecule has 1 N–H and O–H groups in total. The number of halogens is 1. The number of para-hydroxylation sites is 1. The Bertz CT molecular complexity index is 938. The number of hydrogen-bond donors (Lipinski definition) is 1. The van der Waals surface area contributed by atoms with E-state index in [9.17, 15) is 9.18 Å². The van der Waals surface area contributed by atoms with Gasteiger partial charge in [0, 0.05) is 43.7 Å². The molecule has 4 rings (SSSR count). The van der Waals surface area contributed by atoms with Crippen molar-refractivity contribution >= 4 is 16.8 Å². The highest BCUT2D eigenvalue weighted by atomic mass is 19.1. The van der Waals surface area contributed by atoms with Crippen molar-refractivity contribution in [2.45, 2.75) is 25.6 Å². The van der Waals surface area contributed by atoms with Crippen molar-refractivity contribution < 1.29 is 9.18 Å². The molecule has 1 aliphatic heterocycles. The highest BCUT2D eigenvalue weighted by Crippen LogP contribution is 2.19. The van der Waals surface area contributed by atoms with Gasteiger partial charge in [-0.25, -0.2) is 4.39 Å². The van der Waals surface area contributed by atoms with Crippen LogP contribution in [-0.4, -0.2) is 28.4 Å². The summed E-state index contributed by atoms with van der Waals surface area (Å²) in [5.74, 6) is -0.171. The third-order valence-electron chi connectivity index (χ3n) is 4.77. The fourth-order valence-electron chi connectivity index (χ4n) is 3.48. The number of benzene rings is 2. The number of nitrogens with zero attached hydrogens (tertiary/aromatic N) is 2. The summed E-state index contributed by atoms with van der Waals surface area (Å²) in [6, 6.07) is 16.6. The summed E-state index contributed by atoms with van der Waals surface area (Å²) in [5, 5.41) is 4.58. The Labute approximate surface area is 151 Å². The van der Waals surface area contributed by atoms with Crippen molar-refractivity contribution in [2.24, 2.45) is 0 Å². The largest absolute Gasteiger partial charge is 0.337 e. The summed E-state index contributed by atoms with van der Waals surface area (Å²) < 4.78 is 13.3. The molecule has 4 nitrogen and oxygen atoms in total. The molecule has 132 valence electrons. The van der Waals surface area contributed by atoms with Gasteiger partial charge in [-0.2, -0.15) is 0 Å². The molecule has 2 heterocycles. The normalized spacial score (nSPS) is 17.2. The van der Waals surface area contributed by atoms with Crippen molar-refractivity contribution in [3.63, 3.8) is 0 Å². The molecule has 0 aliphatic carbocycles. The van der Waals surface area contributed by atoms with Crippen LogP contribution in [0.1, 0.15) is 17.5 Å². The molecule has 0 unspecified atom stereocenters. The van der Waals surface area contributed by atoms with Crippen LogP contribution in [0.15, 0.2) is 60.8 Å². The summed E-state index contributed by atoms with van der Waals surface area (Å²) in [7, 11) is 0. The maximum absolute atomic E-state index is 13.3. The first-order valence-electron chi connectivity index (χ1n) is 8.77. The van der Waals surface area contributed by atoms with E-state index in [2.05, 4.69) is 16.4 Å². The summed E-state index contributed by atoms with van der Waals surface area (Å²) in [5.41, 5.74) is 2.93. The Morgan fingerprint density at radius 2 is 2.00 bits per heavy atom. The quantitative estimate of drug-likeness (QED) is 0.769. The molecule has 0 bridgehead atoms. The molecule has 0 radical (unpaired) electrons. The maximum Gasteiger partial charge on any atom is 0.224 e. The van der Waals surface area contributed by atoms with Crippen LogP contribution in [0.3, 0.4) is 0 Å². The molecule has 1 amide bonds. The number of rotatable bonds is 5. The van der Waals surface area contributed by atoms with Gasteiger partial charge in [0.15, 0.2) is 0 Å². The highest BCUT2D eigenvalue weighted by Gasteiger charge is 2.29. The number of fused-ring (bicyclic) bond motifs is 1. The minimum absolute atomic E-state index is 0.0926. The zero-order valence-corrected chi connectivity index (χ0v) is 14.4. The van der Waals surface area contributed by atoms with Gasteiger partial charge in [-0.1, -0.05) is 36.4 Å². The molecule has 0 spiro atoms. The van der Waals surface area contributed by atoms with E-state index in [0.717, 1.165) is 22.0 Å². The fourth-order valence-corrected chi connectivity index (χ4v) is 3.48. The van der Waals surface area contributed by atoms with E-state index in [1.54, 1.807) is 17.2 Å². The zero-order valence-electron chi connectivity index (χ0n) is 14.4. The van der Waals surface area contributed by atoms with Gasteiger partial charge >= 0.3 is 0 Å². The molecule has 5 heteroatoms. The van der Waals surface area contributed by atoms with Gasteiger partial charge in [-0.15, -0.1) is 0 Å². The van der Waals surface area contributed by atoms with Gasteiger partial charge in [-0.3, -0.25) is 9.78 Å². The first kappa shape index (κ1) is 16.7. The van der Waals surface area contributed by atoms with E-state index >= 15 is 0 Å². The van der Waals surface area contributed by atoms with Gasteiger partial charge < -0.3 is 10.2 Å². The van der Waals surface area contributed by atoms with Gasteiger partial charge in [-0.05, 0) is 29.3 Å². The van der Waals surface area contributed by atoms with Crippen LogP contribution in [0.4, 0.5) is 4.39 Å². The monoisotopic (exact) mass is 349 g/mol. The number of carbonyl (C=O) groups is 1. The van der Waals surface area contributed by atoms with Crippen LogP contribution in [0.25, 0.3) is 10.9 Å². The number of carbonyl (C=O) groups excluding carboxylic acids is 1. The summed E-state index contributed by atoms with van der Waals surface area (Å²) in [6.45, 7) is 1.75. The van der Waals surface area contributed by atoms with Crippen LogP contribution in [0.5, 0.6) is 0 Å². The van der Waals surface area contributed by atoms with Crippen LogP contribution in [-0.2, 0) is 17.9 Å². The lowest BCUT2D eigenvalue weighted by molar-refractivity contribution is -0.128. The number of pyridine rings is 1. The van der Waals surface area contributed by atoms with Gasteiger partial charge in [0.1, 0.15) is 5.82 Å². The van der Waals surface area contributed by atoms with Crippen LogP contribution in [0.2, 0.25) is 0 Å². The Morgan fingerprint density at radius 3 is 2.88 bits per heavy atom. The number of nitrogens with one attached hydrogen (secondary N) is 1. The molecular formula is C21H20FN3O. The predicted octanol–water partition coefficient (Wildman–Crippen LogP) is 3.26. The number of aromatic nitrogens is 1. The molecule has 1 aromatic heterocycles. The van der Waals surface area contributed by atoms with E-state index in [0.29, 0.717) is 26.1 Å². The van der Waals surface area contributed by atoms with Crippen molar-refractivity contribution in [3.8, 4) is 0 Å². The second-order valence-electron chi connectivity index (χ2n) is 6.68. The fraction of sp³-hybridized carbons (Fsp3) is 0.238. The van der Waals surface area contributed by atoms with Crippen LogP contribution >= 0.6 is 0 Å². The topological polar surface area (TPSA) is 45.2 Å². The maximum atomic E-state index is 13.3. The van der Waals surface area contributed by atoms with Gasteiger partial charge in [0.05, 0.1) is 5.52 Å². The second kappa shape index (κ2) is 7.22. The van der Waals surface area contributed by atoms with Gasteiger partial charge in [0.25, 0.3) is 0 Å². The average Bonchev–Trinajstić information content (AvgIpc) is 2.99. The van der Waals surface area contributed by atoms with Crippen molar-refractivity contribution in [1.82, 2.24) is 15.2 Å². The molecule has 26 heavy (non-hydrogen) atoms. The standard InChI is InChI=1S/C21H20FN3O/c22-18-8-1-4-15(10-18)13-25-14-19(11-20(25)26)24-12-17-6-2-5-16-7-3-9-23-21(16)17/h1-10,19,24H,11-14H2/t19-/m0/s1. The second-order valence-corrected chi connectivity index (χ2v) is 6.68. The lowest BCUT2D eigenvalue weighted by atomic mass is 10.1. The van der Waals surface area contributed by atoms with E-state index in [1.807, 2.05) is 30.3 Å². The van der Waals surface area contributed by atoms with Crippen LogP contribution < -0.4 is 5.32 Å². The average molecular weight is 349 g/mol. The van der Waals surface area contributed by atoms with E-state index in [1.165, 1.54) is 12.1 Å². The van der Waals surface area contributed by atoms with E-state index in [-0.39, 0.29) is 17.8 Å². The van der Waals surface area contributed by atoms with Gasteiger partial charge in [0.2, 0.25) is 5.91 Å². The SMILES string of the molecule is O=C1C[C@H](NCc2cccc3cccnc23)CN1Cc1cccc(F)c1. The summed E-state index contributed by atoms with van der Waals surface area (Å²) >= 11 is 0. The van der Waals surface area contributed by atoms with Crippen molar-refractivity contribution in [2.75, 3.05) is 6.54 Å². The molecular weight excluding hydrogens is 329 g/mol. The lowest BCUT2D eigenvalue weighted by Crippen LogP contribution is -2.32. The molecule has 1 atom stereocenters. The number of likely N-dealkylation sites (tertiary alicyclic amines) is 1. The zero-order chi connectivity index (χ0) is 17.9.